The first-order valence-electron chi connectivity index (χ1n) is 10.8. The molecule has 6 rings (SSSR count). The van der Waals surface area contributed by atoms with Gasteiger partial charge in [-0.25, -0.2) is 0 Å². The second kappa shape index (κ2) is 12.9. The van der Waals surface area contributed by atoms with Crippen LogP contribution in [0.2, 0.25) is 0 Å². The molecule has 6 atom stereocenters. The predicted octanol–water partition coefficient (Wildman–Crippen LogP) is 3.74. The average Bonchev–Trinajstić information content (AvgIpc) is 2.89. The fraction of sp³-hybridized carbons (Fsp3) is 0.292. The van der Waals surface area contributed by atoms with Crippen molar-refractivity contribution in [1.82, 2.24) is 4.98 Å². The number of hydrogen-bond donors (Lipinski definition) is 2. The Bertz CT molecular complexity index is 1180. The Kier molecular flexibility index (Phi) is 9.97. The molecule has 5 aliphatic rings. The van der Waals surface area contributed by atoms with Crippen LogP contribution in [0.25, 0.3) is 11.4 Å². The normalized spacial score (nSPS) is 30.0. The van der Waals surface area contributed by atoms with E-state index in [-0.39, 0.29) is 6.04 Å². The molecule has 0 spiro atoms. The van der Waals surface area contributed by atoms with Gasteiger partial charge < -0.3 is 5.32 Å². The molecule has 2 aliphatic carbocycles. The molecule has 1 aromatic rings. The van der Waals surface area contributed by atoms with Crippen LogP contribution < -0.4 is 0 Å². The summed E-state index contributed by atoms with van der Waals surface area (Å²) in [5.74, 6) is 1.34. The van der Waals surface area contributed by atoms with E-state index in [1.54, 1.807) is 0 Å². The van der Waals surface area contributed by atoms with Crippen LogP contribution in [0, 0.1) is 17.8 Å². The number of pyridine rings is 1. The second-order valence-corrected chi connectivity index (χ2v) is 8.88. The molecule has 0 saturated heterocycles. The topological polar surface area (TPSA) is 143 Å². The van der Waals surface area contributed by atoms with Crippen LogP contribution in [0.4, 0.5) is 0 Å². The SMILES string of the molecule is C1=CC2C=CC3C=CC[N-]C3C2N=C1.C1=CC2C=Cc3cccnc3C2N=C1.O=S(=O)(O)O.[O]=[V]. The predicted molar refractivity (Wildman–Crippen MR) is 131 cm³/mol. The van der Waals surface area contributed by atoms with E-state index in [1.807, 2.05) is 36.8 Å². The maximum absolute atomic E-state index is 8.74. The summed E-state index contributed by atoms with van der Waals surface area (Å²) in [5, 5.41) is 4.65. The summed E-state index contributed by atoms with van der Waals surface area (Å²) in [6, 6.07) is 4.96. The van der Waals surface area contributed by atoms with E-state index in [4.69, 9.17) is 21.2 Å². The van der Waals surface area contributed by atoms with Gasteiger partial charge in [0.25, 0.3) is 0 Å². The summed E-state index contributed by atoms with van der Waals surface area (Å²) >= 11 is 1.06. The van der Waals surface area contributed by atoms with Crippen molar-refractivity contribution in [2.24, 2.45) is 27.7 Å². The van der Waals surface area contributed by atoms with E-state index < -0.39 is 10.4 Å². The van der Waals surface area contributed by atoms with E-state index >= 15 is 0 Å². The summed E-state index contributed by atoms with van der Waals surface area (Å²) in [6.45, 7) is 0.859. The summed E-state index contributed by atoms with van der Waals surface area (Å²) in [7, 11) is -4.67. The standard InChI is InChI=1S/C12H13N2.C12H10N2.H2O4S.O.V/c2*1-3-9-5-6-10-4-2-8-14-12(10)11(9)13-7-1;1-5(2,3)4;;/h1-7,9-12H,8H2;1-9,11H;(H2,1,2,3,4);;/q-1;;;;. The number of allylic oxidation sites excluding steroid dienone is 2. The zero-order valence-electron chi connectivity index (χ0n) is 18.6. The summed E-state index contributed by atoms with van der Waals surface area (Å²) < 4.78 is 39.8. The van der Waals surface area contributed by atoms with Gasteiger partial charge in [0.2, 0.25) is 0 Å². The van der Waals surface area contributed by atoms with Crippen LogP contribution >= 0.6 is 0 Å². The molecule has 0 amide bonds. The monoisotopic (exact) mass is 532 g/mol. The van der Waals surface area contributed by atoms with Gasteiger partial charge in [0.1, 0.15) is 6.04 Å². The zero-order chi connectivity index (χ0) is 25.3. The van der Waals surface area contributed by atoms with Gasteiger partial charge in [-0.1, -0.05) is 48.6 Å². The first-order valence-corrected chi connectivity index (χ1v) is 12.8. The third-order valence-electron chi connectivity index (χ3n) is 5.83. The molecule has 3 aliphatic heterocycles. The first-order chi connectivity index (χ1) is 16.9. The molecule has 0 aromatic carbocycles. The number of hydrogen-bond acceptors (Lipinski definition) is 6. The Morgan fingerprint density at radius 1 is 0.914 bits per heavy atom. The van der Waals surface area contributed by atoms with Crippen molar-refractivity contribution in [2.75, 3.05) is 6.54 Å². The Hall–Kier alpha value is -2.60. The molecule has 0 saturated carbocycles. The van der Waals surface area contributed by atoms with Crippen LogP contribution in [0.1, 0.15) is 17.3 Å². The molecule has 0 radical (unpaired) electrons. The van der Waals surface area contributed by atoms with Gasteiger partial charge in [0.15, 0.2) is 0 Å². The molecule has 1 aromatic heterocycles. The van der Waals surface area contributed by atoms with Crippen LogP contribution in [-0.2, 0) is 31.4 Å². The Morgan fingerprint density at radius 3 is 2.37 bits per heavy atom. The van der Waals surface area contributed by atoms with Crippen molar-refractivity contribution in [1.29, 1.82) is 0 Å². The van der Waals surface area contributed by atoms with Crippen molar-refractivity contribution >= 4 is 28.9 Å². The summed E-state index contributed by atoms with van der Waals surface area (Å²) in [4.78, 5) is 13.4. The minimum absolute atomic E-state index is 0.196. The van der Waals surface area contributed by atoms with Crippen molar-refractivity contribution in [2.45, 2.75) is 18.1 Å². The average molecular weight is 532 g/mol. The third-order valence-corrected chi connectivity index (χ3v) is 5.83. The van der Waals surface area contributed by atoms with E-state index in [0.717, 1.165) is 29.6 Å². The molecule has 9 nitrogen and oxygen atoms in total. The number of aromatic nitrogens is 1. The summed E-state index contributed by atoms with van der Waals surface area (Å²) in [6.07, 6.45) is 27.3. The number of aliphatic imine (C=N–C) groups is 2. The molecule has 0 fully saturated rings. The minimum atomic E-state index is -4.67. The van der Waals surface area contributed by atoms with Crippen LogP contribution in [0.15, 0.2) is 83.0 Å². The quantitative estimate of drug-likeness (QED) is 0.385. The Morgan fingerprint density at radius 2 is 1.60 bits per heavy atom. The van der Waals surface area contributed by atoms with Gasteiger partial charge in [-0.05, 0) is 29.7 Å². The molecule has 2 N–H and O–H groups in total. The van der Waals surface area contributed by atoms with E-state index in [2.05, 4.69) is 75.0 Å². The number of rotatable bonds is 0. The maximum atomic E-state index is 8.74. The molecule has 35 heavy (non-hydrogen) atoms. The molecule has 183 valence electrons. The van der Waals surface area contributed by atoms with Crippen LogP contribution in [-0.4, -0.2) is 53.6 Å². The molecular formula is C24H25N4O5SV-. The van der Waals surface area contributed by atoms with E-state index in [9.17, 15) is 0 Å². The van der Waals surface area contributed by atoms with Gasteiger partial charge in [-0.2, -0.15) is 8.42 Å². The van der Waals surface area contributed by atoms with Gasteiger partial charge in [0, 0.05) is 36.5 Å². The van der Waals surface area contributed by atoms with Crippen molar-refractivity contribution < 1.29 is 38.6 Å². The second-order valence-electron chi connectivity index (χ2n) is 7.99. The van der Waals surface area contributed by atoms with Crippen LogP contribution in [0.3, 0.4) is 0 Å². The van der Waals surface area contributed by atoms with Gasteiger partial charge in [0.05, 0.1) is 5.69 Å². The van der Waals surface area contributed by atoms with Crippen molar-refractivity contribution in [3.05, 3.63) is 89.6 Å². The van der Waals surface area contributed by atoms with Crippen molar-refractivity contribution in [3.63, 3.8) is 0 Å². The molecule has 4 heterocycles. The Balaban J connectivity index is 0.000000156. The number of dihydropyridines is 2. The van der Waals surface area contributed by atoms with E-state index in [1.165, 1.54) is 5.56 Å². The fourth-order valence-corrected chi connectivity index (χ4v) is 4.42. The summed E-state index contributed by atoms with van der Waals surface area (Å²) in [5.41, 5.74) is 2.29. The number of fused-ring (bicyclic) bond motifs is 6. The van der Waals surface area contributed by atoms with E-state index in [0.29, 0.717) is 29.8 Å². The third kappa shape index (κ3) is 7.69. The molecular weight excluding hydrogens is 507 g/mol. The van der Waals surface area contributed by atoms with Gasteiger partial charge >= 0.3 is 31.4 Å². The Labute approximate surface area is 214 Å². The first kappa shape index (κ1) is 27.0. The van der Waals surface area contributed by atoms with Crippen molar-refractivity contribution in [3.8, 4) is 0 Å². The molecule has 6 unspecified atom stereocenters. The molecule has 11 heteroatoms. The fourth-order valence-electron chi connectivity index (χ4n) is 4.42. The molecule has 0 bridgehead atoms. The number of nitrogens with zero attached hydrogens (tertiary/aromatic N) is 4. The van der Waals surface area contributed by atoms with Gasteiger partial charge in [-0.15, -0.1) is 18.7 Å². The van der Waals surface area contributed by atoms with Crippen LogP contribution in [0.5, 0.6) is 0 Å². The zero-order valence-corrected chi connectivity index (χ0v) is 20.8. The van der Waals surface area contributed by atoms with Gasteiger partial charge in [-0.3, -0.25) is 24.1 Å².